The lowest BCUT2D eigenvalue weighted by molar-refractivity contribution is -0.0187. The van der Waals surface area contributed by atoms with Gasteiger partial charge in [-0.3, -0.25) is 0 Å². The van der Waals surface area contributed by atoms with Crippen molar-refractivity contribution in [3.05, 3.63) is 48.3 Å². The van der Waals surface area contributed by atoms with Crippen molar-refractivity contribution in [2.45, 2.75) is 39.7 Å². The van der Waals surface area contributed by atoms with Crippen molar-refractivity contribution in [1.82, 2.24) is 14.6 Å². The van der Waals surface area contributed by atoms with Gasteiger partial charge in [0.1, 0.15) is 18.0 Å². The molecule has 1 atom stereocenters. The van der Waals surface area contributed by atoms with Crippen molar-refractivity contribution in [3.63, 3.8) is 0 Å². The first-order valence-corrected chi connectivity index (χ1v) is 9.28. The fourth-order valence-corrected chi connectivity index (χ4v) is 3.49. The number of hydrogen-bond donors (Lipinski definition) is 1. The first-order chi connectivity index (χ1) is 13.3. The van der Waals surface area contributed by atoms with Gasteiger partial charge in [0.05, 0.1) is 11.9 Å². The molecule has 2 aromatic heterocycles. The van der Waals surface area contributed by atoms with E-state index in [0.717, 1.165) is 28.2 Å². The zero-order chi connectivity index (χ0) is 20.3. The van der Waals surface area contributed by atoms with Crippen LogP contribution < -0.4 is 10.5 Å². The Morgan fingerprint density at radius 3 is 2.71 bits per heavy atom. The van der Waals surface area contributed by atoms with E-state index < -0.39 is 11.7 Å². The summed E-state index contributed by atoms with van der Waals surface area (Å²) in [5.41, 5.74) is 8.19. The molecular weight excluding hydrogens is 356 g/mol. The molecule has 0 aliphatic carbocycles. The van der Waals surface area contributed by atoms with E-state index in [1.54, 1.807) is 16.9 Å². The number of nitrogens with zero attached hydrogens (tertiary/aromatic N) is 3. The highest BCUT2D eigenvalue weighted by molar-refractivity contribution is 5.65. The summed E-state index contributed by atoms with van der Waals surface area (Å²) in [6.07, 6.45) is 3.36. The first kappa shape index (κ1) is 19.7. The van der Waals surface area contributed by atoms with Gasteiger partial charge >= 0.3 is 6.09 Å². The van der Waals surface area contributed by atoms with Gasteiger partial charge in [0, 0.05) is 17.8 Å². The third-order valence-corrected chi connectivity index (χ3v) is 4.48. The number of aromatic nitrogens is 3. The molecule has 148 valence electrons. The number of aryl methyl sites for hydroxylation is 1. The van der Waals surface area contributed by atoms with Crippen LogP contribution in [-0.4, -0.2) is 32.9 Å². The first-order valence-electron chi connectivity index (χ1n) is 9.28. The van der Waals surface area contributed by atoms with Crippen LogP contribution in [-0.2, 0) is 4.74 Å². The molecule has 1 amide bonds. The average molecular weight is 382 g/mol. The van der Waals surface area contributed by atoms with Crippen LogP contribution in [0.4, 0.5) is 4.79 Å². The number of carbonyl (C=O) groups is 1. The van der Waals surface area contributed by atoms with Gasteiger partial charge in [0.2, 0.25) is 0 Å². The zero-order valence-electron chi connectivity index (χ0n) is 16.7. The summed E-state index contributed by atoms with van der Waals surface area (Å²) < 4.78 is 13.1. The number of ether oxygens (including phenoxy) is 2. The summed E-state index contributed by atoms with van der Waals surface area (Å²) in [5, 5.41) is 4.33. The number of hydrogen-bond acceptors (Lipinski definition) is 5. The highest BCUT2D eigenvalue weighted by Crippen LogP contribution is 2.28. The molecule has 0 saturated heterocycles. The number of benzene rings is 1. The topological polar surface area (TPSA) is 91.7 Å². The van der Waals surface area contributed by atoms with Crippen molar-refractivity contribution in [2.75, 3.05) is 6.61 Å². The van der Waals surface area contributed by atoms with E-state index in [0.29, 0.717) is 12.3 Å². The minimum Gasteiger partial charge on any atom is -0.489 e. The summed E-state index contributed by atoms with van der Waals surface area (Å²) >= 11 is 0. The number of nitrogens with two attached hydrogens (primary N) is 1. The fraction of sp³-hybridized carbons (Fsp3) is 0.381. The highest BCUT2D eigenvalue weighted by atomic mass is 16.6. The predicted octanol–water partition coefficient (Wildman–Crippen LogP) is 3.98. The monoisotopic (exact) mass is 382 g/mol. The maximum absolute atomic E-state index is 11.3. The standard InChI is InChI=1S/C21H26N4O3/c1-14(2)12-21(4,28-20(22)26)13-27-18-6-5-16(11-15(18)3)17-7-9-23-19-8-10-24-25(17)19/h5-11,14H,12-13H2,1-4H3,(H2,22,26). The molecule has 0 bridgehead atoms. The molecule has 28 heavy (non-hydrogen) atoms. The van der Waals surface area contributed by atoms with Crippen molar-refractivity contribution in [3.8, 4) is 17.0 Å². The highest BCUT2D eigenvalue weighted by Gasteiger charge is 2.30. The molecule has 2 heterocycles. The van der Waals surface area contributed by atoms with Gasteiger partial charge in [-0.05, 0) is 56.0 Å². The quantitative estimate of drug-likeness (QED) is 0.667. The Kier molecular flexibility index (Phi) is 5.53. The Balaban J connectivity index is 1.81. The number of primary amides is 1. The van der Waals surface area contributed by atoms with Crippen molar-refractivity contribution >= 4 is 11.7 Å². The van der Waals surface area contributed by atoms with Crippen LogP contribution >= 0.6 is 0 Å². The summed E-state index contributed by atoms with van der Waals surface area (Å²) in [4.78, 5) is 15.6. The Morgan fingerprint density at radius 2 is 2.04 bits per heavy atom. The zero-order valence-corrected chi connectivity index (χ0v) is 16.7. The Morgan fingerprint density at radius 1 is 1.25 bits per heavy atom. The van der Waals surface area contributed by atoms with E-state index in [1.807, 2.05) is 44.2 Å². The number of fused-ring (bicyclic) bond motifs is 1. The lowest BCUT2D eigenvalue weighted by atomic mass is 9.95. The largest absolute Gasteiger partial charge is 0.489 e. The van der Waals surface area contributed by atoms with Crippen molar-refractivity contribution in [1.29, 1.82) is 0 Å². The number of amides is 1. The third kappa shape index (κ3) is 4.42. The van der Waals surface area contributed by atoms with Gasteiger partial charge < -0.3 is 15.2 Å². The fourth-order valence-electron chi connectivity index (χ4n) is 3.49. The van der Waals surface area contributed by atoms with Gasteiger partial charge in [-0.1, -0.05) is 13.8 Å². The molecule has 0 spiro atoms. The molecule has 0 radical (unpaired) electrons. The lowest BCUT2D eigenvalue weighted by Crippen LogP contribution is -2.41. The summed E-state index contributed by atoms with van der Waals surface area (Å²) in [5.74, 6) is 1.07. The normalized spacial score (nSPS) is 13.5. The van der Waals surface area contributed by atoms with Crippen LogP contribution in [0.5, 0.6) is 5.75 Å². The average Bonchev–Trinajstić information content (AvgIpc) is 3.08. The molecule has 1 unspecified atom stereocenters. The van der Waals surface area contributed by atoms with E-state index in [1.165, 1.54) is 0 Å². The molecule has 7 heteroatoms. The Labute approximate surface area is 164 Å². The summed E-state index contributed by atoms with van der Waals surface area (Å²) in [6.45, 7) is 8.18. The number of carbonyl (C=O) groups excluding carboxylic acids is 1. The van der Waals surface area contributed by atoms with Crippen molar-refractivity contribution in [2.24, 2.45) is 11.7 Å². The van der Waals surface area contributed by atoms with Crippen LogP contribution in [0, 0.1) is 12.8 Å². The van der Waals surface area contributed by atoms with E-state index in [-0.39, 0.29) is 6.61 Å². The second-order valence-electron chi connectivity index (χ2n) is 7.67. The molecule has 0 fully saturated rings. The van der Waals surface area contributed by atoms with Crippen LogP contribution in [0.2, 0.25) is 0 Å². The minimum absolute atomic E-state index is 0.229. The second kappa shape index (κ2) is 7.88. The summed E-state index contributed by atoms with van der Waals surface area (Å²) in [7, 11) is 0. The maximum Gasteiger partial charge on any atom is 0.405 e. The van der Waals surface area contributed by atoms with Gasteiger partial charge in [-0.2, -0.15) is 5.10 Å². The second-order valence-corrected chi connectivity index (χ2v) is 7.67. The van der Waals surface area contributed by atoms with Crippen molar-refractivity contribution < 1.29 is 14.3 Å². The van der Waals surface area contributed by atoms with Gasteiger partial charge in [0.25, 0.3) is 0 Å². The van der Waals surface area contributed by atoms with Gasteiger partial charge in [-0.25, -0.2) is 14.3 Å². The molecule has 3 aromatic rings. The van der Waals surface area contributed by atoms with Crippen LogP contribution in [0.1, 0.15) is 32.8 Å². The van der Waals surface area contributed by atoms with Gasteiger partial charge in [0.15, 0.2) is 5.65 Å². The van der Waals surface area contributed by atoms with E-state index >= 15 is 0 Å². The maximum atomic E-state index is 11.3. The van der Waals surface area contributed by atoms with Gasteiger partial charge in [-0.15, -0.1) is 0 Å². The predicted molar refractivity (Wildman–Crippen MR) is 107 cm³/mol. The smallest absolute Gasteiger partial charge is 0.405 e. The molecule has 7 nitrogen and oxygen atoms in total. The minimum atomic E-state index is -0.792. The molecule has 0 aliphatic heterocycles. The molecule has 2 N–H and O–H groups in total. The Hall–Kier alpha value is -3.09. The molecule has 0 saturated carbocycles. The summed E-state index contributed by atoms with van der Waals surface area (Å²) in [6, 6.07) is 9.73. The lowest BCUT2D eigenvalue weighted by Gasteiger charge is -2.30. The third-order valence-electron chi connectivity index (χ3n) is 4.48. The van der Waals surface area contributed by atoms with Crippen LogP contribution in [0.15, 0.2) is 42.7 Å². The molecular formula is C21H26N4O3. The number of rotatable bonds is 7. The Bertz CT molecular complexity index is 983. The molecule has 1 aromatic carbocycles. The van der Waals surface area contributed by atoms with E-state index in [2.05, 4.69) is 23.9 Å². The van der Waals surface area contributed by atoms with Crippen LogP contribution in [0.3, 0.4) is 0 Å². The van der Waals surface area contributed by atoms with Crippen LogP contribution in [0.25, 0.3) is 16.9 Å². The van der Waals surface area contributed by atoms with E-state index in [4.69, 9.17) is 15.2 Å². The van der Waals surface area contributed by atoms with E-state index in [9.17, 15) is 4.79 Å². The molecule has 3 rings (SSSR count). The molecule has 0 aliphatic rings. The SMILES string of the molecule is Cc1cc(-c2ccnc3ccnn23)ccc1OCC(C)(CC(C)C)OC(N)=O.